The van der Waals surface area contributed by atoms with Crippen LogP contribution in [0.25, 0.3) is 0 Å². The van der Waals surface area contributed by atoms with Gasteiger partial charge in [-0.1, -0.05) is 29.8 Å². The lowest BCUT2D eigenvalue weighted by Gasteiger charge is -2.31. The molecule has 5 nitrogen and oxygen atoms in total. The molecule has 0 aromatic heterocycles. The molecule has 1 aliphatic rings. The zero-order valence-corrected chi connectivity index (χ0v) is 13.1. The normalized spacial score (nSPS) is 19.5. The molecule has 6 heteroatoms. The van der Waals surface area contributed by atoms with Crippen LogP contribution in [0.5, 0.6) is 0 Å². The fraction of sp³-hybridized carbons (Fsp3) is 0.533. The third-order valence-corrected chi connectivity index (χ3v) is 5.26. The van der Waals surface area contributed by atoms with Crippen molar-refractivity contribution in [2.45, 2.75) is 37.9 Å². The number of likely N-dealkylation sites (tertiary alicyclic amines) is 1. The standard InChI is InChI=1S/C15H22N2O3S/c1-12-4-6-13(7-5-12)8-9-15(18)17-10-2-3-14(11-17)21(16,19)20/h4-7,14H,2-3,8-11H2,1H3,(H2,16,19,20). The molecule has 1 atom stereocenters. The van der Waals surface area contributed by atoms with Crippen LogP contribution in [0, 0.1) is 6.92 Å². The lowest BCUT2D eigenvalue weighted by atomic mass is 10.1. The minimum atomic E-state index is -3.56. The van der Waals surface area contributed by atoms with Crippen LogP contribution in [-0.2, 0) is 21.2 Å². The third kappa shape index (κ3) is 4.54. The van der Waals surface area contributed by atoms with E-state index in [4.69, 9.17) is 5.14 Å². The predicted molar refractivity (Wildman–Crippen MR) is 82.2 cm³/mol. The summed E-state index contributed by atoms with van der Waals surface area (Å²) in [4.78, 5) is 13.8. The second-order valence-corrected chi connectivity index (χ2v) is 7.52. The molecular weight excluding hydrogens is 288 g/mol. The van der Waals surface area contributed by atoms with Crippen molar-refractivity contribution < 1.29 is 13.2 Å². The van der Waals surface area contributed by atoms with Crippen LogP contribution < -0.4 is 5.14 Å². The Morgan fingerprint density at radius 3 is 2.62 bits per heavy atom. The van der Waals surface area contributed by atoms with Gasteiger partial charge in [-0.3, -0.25) is 4.79 Å². The van der Waals surface area contributed by atoms with Crippen molar-refractivity contribution in [3.05, 3.63) is 35.4 Å². The number of aryl methyl sites for hydroxylation is 2. The molecule has 0 saturated carbocycles. The van der Waals surface area contributed by atoms with E-state index in [0.29, 0.717) is 32.2 Å². The molecule has 116 valence electrons. The van der Waals surface area contributed by atoms with Crippen molar-refractivity contribution in [3.8, 4) is 0 Å². The first-order chi connectivity index (χ1) is 9.86. The van der Waals surface area contributed by atoms with Gasteiger partial charge in [0, 0.05) is 19.5 Å². The third-order valence-electron chi connectivity index (χ3n) is 3.94. The number of carbonyl (C=O) groups excluding carboxylic acids is 1. The maximum Gasteiger partial charge on any atom is 0.222 e. The fourth-order valence-corrected chi connectivity index (χ4v) is 3.48. The SMILES string of the molecule is Cc1ccc(CCC(=O)N2CCCC(S(N)(=O)=O)C2)cc1. The summed E-state index contributed by atoms with van der Waals surface area (Å²) < 4.78 is 22.8. The molecule has 0 bridgehead atoms. The predicted octanol–water partition coefficient (Wildman–Crippen LogP) is 1.21. The minimum Gasteiger partial charge on any atom is -0.341 e. The molecule has 1 aromatic carbocycles. The molecule has 2 N–H and O–H groups in total. The molecule has 1 fully saturated rings. The van der Waals surface area contributed by atoms with Crippen LogP contribution in [0.4, 0.5) is 0 Å². The largest absolute Gasteiger partial charge is 0.341 e. The molecule has 1 aromatic rings. The Hall–Kier alpha value is -1.40. The van der Waals surface area contributed by atoms with E-state index in [1.165, 1.54) is 5.56 Å². The van der Waals surface area contributed by atoms with Gasteiger partial charge in [0.2, 0.25) is 15.9 Å². The van der Waals surface area contributed by atoms with Gasteiger partial charge < -0.3 is 4.90 Å². The highest BCUT2D eigenvalue weighted by Gasteiger charge is 2.30. The Labute approximate surface area is 126 Å². The molecule has 1 unspecified atom stereocenters. The van der Waals surface area contributed by atoms with Gasteiger partial charge >= 0.3 is 0 Å². The van der Waals surface area contributed by atoms with Crippen molar-refractivity contribution in [2.24, 2.45) is 5.14 Å². The van der Waals surface area contributed by atoms with E-state index in [9.17, 15) is 13.2 Å². The van der Waals surface area contributed by atoms with Crippen LogP contribution in [-0.4, -0.2) is 37.6 Å². The number of hydrogen-bond donors (Lipinski definition) is 1. The number of carbonyl (C=O) groups is 1. The molecule has 1 aliphatic heterocycles. The Bertz CT molecular complexity index is 596. The molecule has 1 amide bonds. The van der Waals surface area contributed by atoms with E-state index in [1.54, 1.807) is 4.90 Å². The smallest absolute Gasteiger partial charge is 0.222 e. The number of benzene rings is 1. The summed E-state index contributed by atoms with van der Waals surface area (Å²) in [6.07, 6.45) is 2.31. The van der Waals surface area contributed by atoms with E-state index in [-0.39, 0.29) is 12.5 Å². The highest BCUT2D eigenvalue weighted by molar-refractivity contribution is 7.89. The first-order valence-corrected chi connectivity index (χ1v) is 8.82. The molecule has 1 saturated heterocycles. The average Bonchev–Trinajstić information content (AvgIpc) is 2.45. The number of primary sulfonamides is 1. The van der Waals surface area contributed by atoms with Crippen molar-refractivity contribution >= 4 is 15.9 Å². The molecule has 0 spiro atoms. The summed E-state index contributed by atoms with van der Waals surface area (Å²) in [5, 5.41) is 4.57. The monoisotopic (exact) mass is 310 g/mol. The zero-order valence-electron chi connectivity index (χ0n) is 12.3. The molecule has 0 aliphatic carbocycles. The highest BCUT2D eigenvalue weighted by Crippen LogP contribution is 2.17. The quantitative estimate of drug-likeness (QED) is 0.907. The van der Waals surface area contributed by atoms with Crippen LogP contribution in [0.3, 0.4) is 0 Å². The van der Waals surface area contributed by atoms with E-state index in [0.717, 1.165) is 5.56 Å². The summed E-state index contributed by atoms with van der Waals surface area (Å²) in [6.45, 7) is 2.88. The second kappa shape index (κ2) is 6.58. The fourth-order valence-electron chi connectivity index (χ4n) is 2.60. The van der Waals surface area contributed by atoms with Gasteiger partial charge in [-0.15, -0.1) is 0 Å². The number of amides is 1. The number of rotatable bonds is 4. The first-order valence-electron chi connectivity index (χ1n) is 7.21. The van der Waals surface area contributed by atoms with Gasteiger partial charge in [-0.2, -0.15) is 0 Å². The van der Waals surface area contributed by atoms with E-state index >= 15 is 0 Å². The Kier molecular flexibility index (Phi) is 5.00. The Morgan fingerprint density at radius 2 is 2.00 bits per heavy atom. The van der Waals surface area contributed by atoms with Gasteiger partial charge in [-0.05, 0) is 31.7 Å². The number of nitrogens with zero attached hydrogens (tertiary/aromatic N) is 1. The van der Waals surface area contributed by atoms with Crippen molar-refractivity contribution in [2.75, 3.05) is 13.1 Å². The van der Waals surface area contributed by atoms with Crippen molar-refractivity contribution in [1.82, 2.24) is 4.90 Å². The van der Waals surface area contributed by atoms with Crippen LogP contribution in [0.15, 0.2) is 24.3 Å². The molecular formula is C15H22N2O3S. The van der Waals surface area contributed by atoms with Crippen LogP contribution in [0.2, 0.25) is 0 Å². The molecule has 0 radical (unpaired) electrons. The highest BCUT2D eigenvalue weighted by atomic mass is 32.2. The van der Waals surface area contributed by atoms with Gasteiger partial charge in [0.05, 0.1) is 5.25 Å². The van der Waals surface area contributed by atoms with Crippen LogP contribution >= 0.6 is 0 Å². The lowest BCUT2D eigenvalue weighted by Crippen LogP contribution is -2.47. The molecule has 2 rings (SSSR count). The maximum atomic E-state index is 12.2. The van der Waals surface area contributed by atoms with Gasteiger partial charge in [0.15, 0.2) is 0 Å². The minimum absolute atomic E-state index is 0.00363. The van der Waals surface area contributed by atoms with E-state index in [1.807, 2.05) is 31.2 Å². The van der Waals surface area contributed by atoms with Gasteiger partial charge in [0.1, 0.15) is 0 Å². The molecule has 1 heterocycles. The zero-order chi connectivity index (χ0) is 15.5. The maximum absolute atomic E-state index is 12.2. The summed E-state index contributed by atoms with van der Waals surface area (Å²) in [6, 6.07) is 8.09. The van der Waals surface area contributed by atoms with E-state index < -0.39 is 15.3 Å². The number of piperidine rings is 1. The Balaban J connectivity index is 1.89. The molecule has 21 heavy (non-hydrogen) atoms. The first kappa shape index (κ1) is 16.0. The lowest BCUT2D eigenvalue weighted by molar-refractivity contribution is -0.131. The summed E-state index contributed by atoms with van der Waals surface area (Å²) in [7, 11) is -3.56. The average molecular weight is 310 g/mol. The van der Waals surface area contributed by atoms with Gasteiger partial charge in [-0.25, -0.2) is 13.6 Å². The summed E-state index contributed by atoms with van der Waals surface area (Å²) >= 11 is 0. The number of nitrogens with two attached hydrogens (primary N) is 1. The van der Waals surface area contributed by atoms with E-state index in [2.05, 4.69) is 0 Å². The van der Waals surface area contributed by atoms with Crippen molar-refractivity contribution in [1.29, 1.82) is 0 Å². The van der Waals surface area contributed by atoms with Gasteiger partial charge in [0.25, 0.3) is 0 Å². The number of hydrogen-bond acceptors (Lipinski definition) is 3. The topological polar surface area (TPSA) is 80.5 Å². The van der Waals surface area contributed by atoms with Crippen molar-refractivity contribution in [3.63, 3.8) is 0 Å². The number of sulfonamides is 1. The van der Waals surface area contributed by atoms with Crippen LogP contribution in [0.1, 0.15) is 30.4 Å². The summed E-state index contributed by atoms with van der Waals surface area (Å²) in [5.41, 5.74) is 2.31. The second-order valence-electron chi connectivity index (χ2n) is 5.68. The Morgan fingerprint density at radius 1 is 1.33 bits per heavy atom. The summed E-state index contributed by atoms with van der Waals surface area (Å²) in [5.74, 6) is 0.00363.